The molecule has 152 valence electrons. The van der Waals surface area contributed by atoms with Crippen molar-refractivity contribution in [1.29, 1.82) is 0 Å². The van der Waals surface area contributed by atoms with Crippen molar-refractivity contribution in [2.45, 2.75) is 24.2 Å². The van der Waals surface area contributed by atoms with Crippen molar-refractivity contribution in [2.75, 3.05) is 24.6 Å². The van der Waals surface area contributed by atoms with Crippen molar-refractivity contribution >= 4 is 39.0 Å². The van der Waals surface area contributed by atoms with Gasteiger partial charge in [-0.1, -0.05) is 6.07 Å². The third-order valence-corrected chi connectivity index (χ3v) is 6.54. The molecule has 0 aliphatic heterocycles. The van der Waals surface area contributed by atoms with Gasteiger partial charge < -0.3 is 14.2 Å². The number of rotatable bonds is 9. The fraction of sp³-hybridized carbons (Fsp3) is 0.333. The Morgan fingerprint density at radius 2 is 1.75 bits per heavy atom. The molecule has 0 atom stereocenters. The summed E-state index contributed by atoms with van der Waals surface area (Å²) in [5.41, 5.74) is 0.444. The van der Waals surface area contributed by atoms with Crippen LogP contribution in [-0.4, -0.2) is 46.7 Å². The predicted molar refractivity (Wildman–Crippen MR) is 104 cm³/mol. The summed E-state index contributed by atoms with van der Waals surface area (Å²) in [5, 5.41) is 1.69. The highest BCUT2D eigenvalue weighted by Gasteiger charge is 2.22. The molecule has 0 unspecified atom stereocenters. The number of carbonyl (C=O) groups excluding carboxylic acids is 2. The van der Waals surface area contributed by atoms with E-state index in [-0.39, 0.29) is 10.3 Å². The van der Waals surface area contributed by atoms with E-state index in [1.165, 1.54) is 25.2 Å². The Morgan fingerprint density at radius 3 is 2.32 bits per heavy atom. The molecule has 0 N–H and O–H groups in total. The summed E-state index contributed by atoms with van der Waals surface area (Å²) >= 11 is 1.14. The zero-order valence-electron chi connectivity index (χ0n) is 15.7. The van der Waals surface area contributed by atoms with E-state index in [1.54, 1.807) is 37.4 Å². The molecule has 0 amide bonds. The molecule has 0 radical (unpaired) electrons. The maximum Gasteiger partial charge on any atom is 0.344 e. The lowest BCUT2D eigenvalue weighted by Gasteiger charge is -2.18. The third-order valence-electron chi connectivity index (χ3n) is 3.39. The van der Waals surface area contributed by atoms with Gasteiger partial charge in [-0.3, -0.25) is 4.31 Å². The van der Waals surface area contributed by atoms with E-state index in [2.05, 4.69) is 0 Å². The van der Waals surface area contributed by atoms with Crippen LogP contribution in [0.3, 0.4) is 0 Å². The van der Waals surface area contributed by atoms with E-state index in [9.17, 15) is 18.0 Å². The minimum Gasteiger partial charge on any atom is -0.482 e. The molecular formula is C18H21NO7S2. The summed E-state index contributed by atoms with van der Waals surface area (Å²) in [4.78, 5) is 22.9. The van der Waals surface area contributed by atoms with Gasteiger partial charge in [-0.15, -0.1) is 11.3 Å². The van der Waals surface area contributed by atoms with Gasteiger partial charge in [0.1, 0.15) is 9.96 Å². The molecule has 0 aliphatic carbocycles. The number of esters is 2. The molecule has 0 saturated carbocycles. The molecule has 10 heteroatoms. The smallest absolute Gasteiger partial charge is 0.344 e. The molecular weight excluding hydrogens is 406 g/mol. The van der Waals surface area contributed by atoms with Crippen molar-refractivity contribution in [3.63, 3.8) is 0 Å². The molecule has 28 heavy (non-hydrogen) atoms. The first-order valence-electron chi connectivity index (χ1n) is 8.30. The molecule has 0 bridgehead atoms. The molecule has 0 spiro atoms. The molecule has 1 heterocycles. The van der Waals surface area contributed by atoms with Crippen molar-refractivity contribution < 1.29 is 32.2 Å². The van der Waals surface area contributed by atoms with Gasteiger partial charge in [0, 0.05) is 7.05 Å². The summed E-state index contributed by atoms with van der Waals surface area (Å²) in [6.45, 7) is 2.51. The van der Waals surface area contributed by atoms with E-state index in [4.69, 9.17) is 14.2 Å². The van der Waals surface area contributed by atoms with Gasteiger partial charge in [-0.2, -0.15) is 0 Å². The Labute approximate surface area is 167 Å². The van der Waals surface area contributed by atoms with Crippen LogP contribution in [0.15, 0.2) is 46.0 Å². The zero-order valence-corrected chi connectivity index (χ0v) is 17.3. The Kier molecular flexibility index (Phi) is 7.41. The third kappa shape index (κ3) is 5.96. The summed E-state index contributed by atoms with van der Waals surface area (Å²) in [6.07, 6.45) is -0.289. The average Bonchev–Trinajstić information content (AvgIpc) is 3.19. The van der Waals surface area contributed by atoms with Gasteiger partial charge in [0.2, 0.25) is 0 Å². The Bertz CT molecular complexity index is 891. The van der Waals surface area contributed by atoms with Gasteiger partial charge in [0.15, 0.2) is 13.2 Å². The normalized spacial score (nSPS) is 11.1. The number of hydrogen-bond acceptors (Lipinski definition) is 8. The van der Waals surface area contributed by atoms with E-state index in [0.717, 1.165) is 15.6 Å². The van der Waals surface area contributed by atoms with Crippen LogP contribution < -0.4 is 9.04 Å². The number of benzene rings is 1. The van der Waals surface area contributed by atoms with Gasteiger partial charge in [-0.25, -0.2) is 18.0 Å². The predicted octanol–water partition coefficient (Wildman–Crippen LogP) is 2.45. The molecule has 2 aromatic rings. The number of nitrogens with zero attached hydrogens (tertiary/aromatic N) is 1. The summed E-state index contributed by atoms with van der Waals surface area (Å²) in [6, 6.07) is 9.41. The van der Waals surface area contributed by atoms with Gasteiger partial charge in [0.25, 0.3) is 10.0 Å². The summed E-state index contributed by atoms with van der Waals surface area (Å²) in [7, 11) is -2.16. The second-order valence-electron chi connectivity index (χ2n) is 5.89. The first-order valence-corrected chi connectivity index (χ1v) is 10.6. The molecule has 1 aromatic heterocycles. The first-order chi connectivity index (χ1) is 13.2. The maximum absolute atomic E-state index is 12.5. The molecule has 0 fully saturated rings. The zero-order chi connectivity index (χ0) is 20.7. The van der Waals surface area contributed by atoms with Crippen LogP contribution in [0.5, 0.6) is 5.75 Å². The lowest BCUT2D eigenvalue weighted by Crippen LogP contribution is -2.25. The van der Waals surface area contributed by atoms with Crippen molar-refractivity contribution in [2.24, 2.45) is 0 Å². The minimum absolute atomic E-state index is 0.245. The van der Waals surface area contributed by atoms with Crippen LogP contribution in [0.25, 0.3) is 0 Å². The molecule has 1 aromatic carbocycles. The van der Waals surface area contributed by atoms with Crippen LogP contribution >= 0.6 is 11.3 Å². The topological polar surface area (TPSA) is 99.2 Å². The highest BCUT2D eigenvalue weighted by molar-refractivity contribution is 7.94. The van der Waals surface area contributed by atoms with Crippen molar-refractivity contribution in [3.05, 3.63) is 41.8 Å². The number of carbonyl (C=O) groups is 2. The van der Waals surface area contributed by atoms with Crippen LogP contribution in [0.2, 0.25) is 0 Å². The standard InChI is InChI=1S/C18H21NO7S2/c1-13(2)26-17(21)12-25-16(20)11-24-15-8-6-14(7-9-15)19(3)28(22,23)18-5-4-10-27-18/h4-10,13H,11-12H2,1-3H3. The van der Waals surface area contributed by atoms with Crippen LogP contribution in [0.4, 0.5) is 5.69 Å². The monoisotopic (exact) mass is 427 g/mol. The SMILES string of the molecule is CC(C)OC(=O)COC(=O)COc1ccc(N(C)S(=O)(=O)c2cccs2)cc1. The van der Waals surface area contributed by atoms with Gasteiger partial charge >= 0.3 is 11.9 Å². The van der Waals surface area contributed by atoms with Crippen LogP contribution in [0, 0.1) is 0 Å². The van der Waals surface area contributed by atoms with Crippen molar-refractivity contribution in [1.82, 2.24) is 0 Å². The number of anilines is 1. The maximum atomic E-state index is 12.5. The fourth-order valence-corrected chi connectivity index (χ4v) is 4.41. The second kappa shape index (κ2) is 9.56. The first kappa shape index (κ1) is 21.7. The highest BCUT2D eigenvalue weighted by Crippen LogP contribution is 2.26. The Hall–Kier alpha value is -2.59. The highest BCUT2D eigenvalue weighted by atomic mass is 32.2. The lowest BCUT2D eigenvalue weighted by atomic mass is 10.3. The molecule has 2 rings (SSSR count). The van der Waals surface area contributed by atoms with E-state index in [0.29, 0.717) is 11.4 Å². The minimum atomic E-state index is -3.62. The number of thiophene rings is 1. The quantitative estimate of drug-likeness (QED) is 0.567. The average molecular weight is 428 g/mol. The fourth-order valence-electron chi connectivity index (χ4n) is 2.06. The molecule has 0 saturated heterocycles. The Morgan fingerprint density at radius 1 is 1.07 bits per heavy atom. The van der Waals surface area contributed by atoms with Crippen LogP contribution in [-0.2, 0) is 29.1 Å². The van der Waals surface area contributed by atoms with E-state index < -0.39 is 35.2 Å². The van der Waals surface area contributed by atoms with Crippen LogP contribution in [0.1, 0.15) is 13.8 Å². The Balaban J connectivity index is 1.87. The van der Waals surface area contributed by atoms with Crippen molar-refractivity contribution in [3.8, 4) is 5.75 Å². The molecule has 0 aliphatic rings. The largest absolute Gasteiger partial charge is 0.482 e. The second-order valence-corrected chi connectivity index (χ2v) is 9.03. The summed E-state index contributed by atoms with van der Waals surface area (Å²) in [5.74, 6) is -1.00. The van der Waals surface area contributed by atoms with Gasteiger partial charge in [0.05, 0.1) is 11.8 Å². The lowest BCUT2D eigenvalue weighted by molar-refractivity contribution is -0.162. The number of sulfonamides is 1. The van der Waals surface area contributed by atoms with E-state index in [1.807, 2.05) is 0 Å². The van der Waals surface area contributed by atoms with Gasteiger partial charge in [-0.05, 0) is 49.6 Å². The number of ether oxygens (including phenoxy) is 3. The molecule has 8 nitrogen and oxygen atoms in total. The summed E-state index contributed by atoms with van der Waals surface area (Å²) < 4.78 is 41.3. The van der Waals surface area contributed by atoms with E-state index >= 15 is 0 Å². The number of hydrogen-bond donors (Lipinski definition) is 0.